The van der Waals surface area contributed by atoms with E-state index in [1.807, 2.05) is 66.7 Å². The Hall–Kier alpha value is -6.44. The average Bonchev–Trinajstić information content (AvgIpc) is 3.38. The predicted molar refractivity (Wildman–Crippen MR) is 211 cm³/mol. The lowest BCUT2D eigenvalue weighted by atomic mass is 9.66. The van der Waals surface area contributed by atoms with Crippen LogP contribution in [0.15, 0.2) is 163 Å². The zero-order valence-electron chi connectivity index (χ0n) is 29.4. The van der Waals surface area contributed by atoms with Gasteiger partial charge < -0.3 is 0 Å². The topological polar surface area (TPSA) is 62.5 Å². The molecule has 2 atom stereocenters. The third kappa shape index (κ3) is 5.09. The SMILES string of the molecule is CC1(C)c2cc(-c3c(-c4ccc(-c5nc(-c6ccccc6)nc(-c6ccccc6)n5)cc4)ccc4ccccc34)ccc2C2(C)C=CC(C#N)=CC12. The molecule has 2 aliphatic carbocycles. The van der Waals surface area contributed by atoms with Gasteiger partial charge in [0.2, 0.25) is 0 Å². The Kier molecular flexibility index (Phi) is 7.34. The second kappa shape index (κ2) is 12.1. The monoisotopic (exact) mass is 668 g/mol. The number of hydrogen-bond acceptors (Lipinski definition) is 4. The van der Waals surface area contributed by atoms with Crippen molar-refractivity contribution in [1.29, 1.82) is 5.26 Å². The molecule has 2 aliphatic rings. The van der Waals surface area contributed by atoms with Crippen LogP contribution in [0, 0.1) is 17.2 Å². The smallest absolute Gasteiger partial charge is 0.164 e. The van der Waals surface area contributed by atoms with Gasteiger partial charge in [0, 0.05) is 33.6 Å². The van der Waals surface area contributed by atoms with E-state index < -0.39 is 0 Å². The maximum atomic E-state index is 9.74. The maximum absolute atomic E-state index is 9.74. The lowest BCUT2D eigenvalue weighted by Gasteiger charge is -2.36. The fourth-order valence-corrected chi connectivity index (χ4v) is 8.49. The Morgan fingerprint density at radius 1 is 0.558 bits per heavy atom. The van der Waals surface area contributed by atoms with E-state index in [9.17, 15) is 5.26 Å². The van der Waals surface area contributed by atoms with E-state index >= 15 is 0 Å². The summed E-state index contributed by atoms with van der Waals surface area (Å²) in [6.07, 6.45) is 6.42. The van der Waals surface area contributed by atoms with Gasteiger partial charge in [-0.15, -0.1) is 0 Å². The molecule has 1 heterocycles. The van der Waals surface area contributed by atoms with Gasteiger partial charge in [-0.1, -0.05) is 172 Å². The second-order valence-electron chi connectivity index (χ2n) is 14.6. The lowest BCUT2D eigenvalue weighted by molar-refractivity contribution is 0.323. The molecule has 4 nitrogen and oxygen atoms in total. The molecule has 6 aromatic carbocycles. The van der Waals surface area contributed by atoms with Crippen molar-refractivity contribution in [1.82, 2.24) is 15.0 Å². The molecule has 7 aromatic rings. The standard InChI is InChI=1S/C48H36N4/c1-47(2)41-29-37(23-25-40(41)48(3)27-26-31(30-49)28-42(47)48)43-38-17-11-10-12-32(38)22-24-39(43)33-18-20-36(21-19-33)46-51-44(34-13-6-4-7-14-34)50-45(52-46)35-15-8-5-9-16-35/h4-29,42H,1-3H3. The second-order valence-corrected chi connectivity index (χ2v) is 14.6. The Morgan fingerprint density at radius 2 is 1.12 bits per heavy atom. The van der Waals surface area contributed by atoms with Crippen LogP contribution < -0.4 is 0 Å². The van der Waals surface area contributed by atoms with Crippen molar-refractivity contribution in [3.05, 3.63) is 174 Å². The molecule has 0 bridgehead atoms. The lowest BCUT2D eigenvalue weighted by Crippen LogP contribution is -2.34. The molecule has 52 heavy (non-hydrogen) atoms. The molecule has 0 radical (unpaired) electrons. The molecule has 0 aliphatic heterocycles. The van der Waals surface area contributed by atoms with Crippen molar-refractivity contribution in [2.45, 2.75) is 31.6 Å². The van der Waals surface area contributed by atoms with Crippen LogP contribution in [0.2, 0.25) is 0 Å². The molecular weight excluding hydrogens is 633 g/mol. The summed E-state index contributed by atoms with van der Waals surface area (Å²) in [6, 6.07) is 51.3. The molecule has 1 aromatic heterocycles. The molecular formula is C48H36N4. The summed E-state index contributed by atoms with van der Waals surface area (Å²) in [5.74, 6) is 2.13. The van der Waals surface area contributed by atoms with Crippen molar-refractivity contribution in [2.75, 3.05) is 0 Å². The molecule has 0 saturated carbocycles. The van der Waals surface area contributed by atoms with Crippen molar-refractivity contribution in [3.63, 3.8) is 0 Å². The van der Waals surface area contributed by atoms with E-state index in [0.29, 0.717) is 17.5 Å². The first-order chi connectivity index (χ1) is 25.3. The van der Waals surface area contributed by atoms with Crippen LogP contribution in [-0.2, 0) is 10.8 Å². The molecule has 0 fully saturated rings. The Labute approximate surface area is 304 Å². The maximum Gasteiger partial charge on any atom is 0.164 e. The first-order valence-corrected chi connectivity index (χ1v) is 17.8. The van der Waals surface area contributed by atoms with Gasteiger partial charge in [-0.05, 0) is 55.6 Å². The summed E-state index contributed by atoms with van der Waals surface area (Å²) in [4.78, 5) is 14.8. The summed E-state index contributed by atoms with van der Waals surface area (Å²) in [5, 5.41) is 12.2. The van der Waals surface area contributed by atoms with E-state index in [-0.39, 0.29) is 16.7 Å². The quantitative estimate of drug-likeness (QED) is 0.183. The number of nitrogens with zero attached hydrogens (tertiary/aromatic N) is 4. The minimum Gasteiger partial charge on any atom is -0.208 e. The van der Waals surface area contributed by atoms with Crippen LogP contribution in [0.4, 0.5) is 0 Å². The number of fused-ring (bicyclic) bond motifs is 4. The van der Waals surface area contributed by atoms with Crippen molar-refractivity contribution >= 4 is 10.8 Å². The number of rotatable bonds is 5. The Bertz CT molecular complexity index is 2550. The largest absolute Gasteiger partial charge is 0.208 e. The fraction of sp³-hybridized carbons (Fsp3) is 0.125. The number of nitriles is 1. The molecule has 0 amide bonds. The Morgan fingerprint density at radius 3 is 1.75 bits per heavy atom. The van der Waals surface area contributed by atoms with Crippen LogP contribution in [0.3, 0.4) is 0 Å². The van der Waals surface area contributed by atoms with Gasteiger partial charge in [0.25, 0.3) is 0 Å². The first kappa shape index (κ1) is 31.5. The van der Waals surface area contributed by atoms with Gasteiger partial charge in [-0.2, -0.15) is 5.26 Å². The normalized spacial score (nSPS) is 18.3. The summed E-state index contributed by atoms with van der Waals surface area (Å²) in [7, 11) is 0. The summed E-state index contributed by atoms with van der Waals surface area (Å²) in [5.41, 5.74) is 10.6. The van der Waals surface area contributed by atoms with Gasteiger partial charge in [-0.3, -0.25) is 0 Å². The highest BCUT2D eigenvalue weighted by atomic mass is 15.0. The van der Waals surface area contributed by atoms with E-state index in [4.69, 9.17) is 15.0 Å². The van der Waals surface area contributed by atoms with E-state index in [0.717, 1.165) is 27.8 Å². The third-order valence-corrected chi connectivity index (χ3v) is 11.2. The molecule has 0 spiro atoms. The highest BCUT2D eigenvalue weighted by Crippen LogP contribution is 2.58. The number of aromatic nitrogens is 3. The third-order valence-electron chi connectivity index (χ3n) is 11.2. The van der Waals surface area contributed by atoms with Crippen LogP contribution >= 0.6 is 0 Å². The predicted octanol–water partition coefficient (Wildman–Crippen LogP) is 11.5. The number of benzene rings is 6. The zero-order valence-corrected chi connectivity index (χ0v) is 29.4. The number of allylic oxidation sites excluding steroid dienone is 4. The highest BCUT2D eigenvalue weighted by Gasteiger charge is 2.52. The van der Waals surface area contributed by atoms with Crippen LogP contribution in [0.5, 0.6) is 0 Å². The number of hydrogen-bond donors (Lipinski definition) is 0. The van der Waals surface area contributed by atoms with Crippen molar-refractivity contribution < 1.29 is 0 Å². The fourth-order valence-electron chi connectivity index (χ4n) is 8.49. The van der Waals surface area contributed by atoms with Crippen LogP contribution in [0.25, 0.3) is 67.2 Å². The highest BCUT2D eigenvalue weighted by molar-refractivity contribution is 6.04. The minimum absolute atomic E-state index is 0.152. The average molecular weight is 669 g/mol. The van der Waals surface area contributed by atoms with Gasteiger partial charge >= 0.3 is 0 Å². The molecule has 2 unspecified atom stereocenters. The summed E-state index contributed by atoms with van der Waals surface area (Å²) < 4.78 is 0. The Balaban J connectivity index is 1.16. The molecule has 0 saturated heterocycles. The first-order valence-electron chi connectivity index (χ1n) is 17.8. The van der Waals surface area contributed by atoms with Crippen molar-refractivity contribution in [3.8, 4) is 62.5 Å². The van der Waals surface area contributed by atoms with Gasteiger partial charge in [-0.25, -0.2) is 15.0 Å². The van der Waals surface area contributed by atoms with Crippen LogP contribution in [0.1, 0.15) is 31.9 Å². The molecule has 248 valence electrons. The van der Waals surface area contributed by atoms with Crippen LogP contribution in [-0.4, -0.2) is 15.0 Å². The minimum atomic E-state index is -0.162. The van der Waals surface area contributed by atoms with Gasteiger partial charge in [0.05, 0.1) is 6.07 Å². The molecule has 0 N–H and O–H groups in total. The van der Waals surface area contributed by atoms with E-state index in [1.54, 1.807) is 0 Å². The van der Waals surface area contributed by atoms with E-state index in [2.05, 4.69) is 118 Å². The van der Waals surface area contributed by atoms with E-state index in [1.165, 1.54) is 38.6 Å². The summed E-state index contributed by atoms with van der Waals surface area (Å²) in [6.45, 7) is 6.97. The van der Waals surface area contributed by atoms with Crippen molar-refractivity contribution in [2.24, 2.45) is 5.92 Å². The molecule has 4 heteroatoms. The summed E-state index contributed by atoms with van der Waals surface area (Å²) >= 11 is 0. The molecule has 9 rings (SSSR count). The van der Waals surface area contributed by atoms with Gasteiger partial charge in [0.1, 0.15) is 0 Å². The van der Waals surface area contributed by atoms with Gasteiger partial charge in [0.15, 0.2) is 17.5 Å². The zero-order chi connectivity index (χ0) is 35.5.